The van der Waals surface area contributed by atoms with E-state index in [2.05, 4.69) is 31.9 Å². The van der Waals surface area contributed by atoms with Crippen LogP contribution < -0.4 is 4.74 Å². The van der Waals surface area contributed by atoms with Gasteiger partial charge in [-0.05, 0) is 50.9 Å². The first kappa shape index (κ1) is 11.0. The number of aliphatic hydroxyl groups is 1. The molecule has 0 aliphatic heterocycles. The first-order chi connectivity index (χ1) is 6.11. The van der Waals surface area contributed by atoms with Gasteiger partial charge < -0.3 is 9.84 Å². The Morgan fingerprint density at radius 3 is 2.38 bits per heavy atom. The molecule has 1 aromatic rings. The molecule has 13 heavy (non-hydrogen) atoms. The summed E-state index contributed by atoms with van der Waals surface area (Å²) in [7, 11) is 0. The van der Waals surface area contributed by atoms with Crippen LogP contribution in [0.1, 0.15) is 6.92 Å². The third-order valence-electron chi connectivity index (χ3n) is 1.39. The van der Waals surface area contributed by atoms with Gasteiger partial charge in [0.1, 0.15) is 12.4 Å². The second kappa shape index (κ2) is 4.98. The molecule has 0 unspecified atom stereocenters. The highest BCUT2D eigenvalue weighted by Crippen LogP contribution is 2.32. The van der Waals surface area contributed by atoms with E-state index in [9.17, 15) is 0 Å². The third kappa shape index (κ3) is 3.29. The van der Waals surface area contributed by atoms with Gasteiger partial charge in [-0.3, -0.25) is 0 Å². The van der Waals surface area contributed by atoms with Crippen molar-refractivity contribution in [3.63, 3.8) is 0 Å². The highest BCUT2D eigenvalue weighted by Gasteiger charge is 2.06. The second-order valence-corrected chi connectivity index (χ2v) is 4.42. The molecule has 0 saturated heterocycles. The molecule has 1 atom stereocenters. The van der Waals surface area contributed by atoms with E-state index in [0.29, 0.717) is 6.61 Å². The smallest absolute Gasteiger partial charge is 0.147 e. The summed E-state index contributed by atoms with van der Waals surface area (Å²) in [4.78, 5) is 0. The van der Waals surface area contributed by atoms with Crippen LogP contribution in [0.4, 0.5) is 0 Å². The largest absolute Gasteiger partial charge is 0.489 e. The van der Waals surface area contributed by atoms with E-state index in [-0.39, 0.29) is 0 Å². The van der Waals surface area contributed by atoms with Gasteiger partial charge in [0.2, 0.25) is 0 Å². The molecule has 1 rings (SSSR count). The van der Waals surface area contributed by atoms with Crippen LogP contribution in [0.2, 0.25) is 0 Å². The van der Waals surface area contributed by atoms with Gasteiger partial charge in [0, 0.05) is 0 Å². The first-order valence-electron chi connectivity index (χ1n) is 3.86. The Hall–Kier alpha value is -0.0600. The molecule has 0 spiro atoms. The van der Waals surface area contributed by atoms with E-state index in [1.165, 1.54) is 0 Å². The quantitative estimate of drug-likeness (QED) is 0.930. The molecule has 2 nitrogen and oxygen atoms in total. The van der Waals surface area contributed by atoms with E-state index in [0.717, 1.165) is 14.7 Å². The van der Waals surface area contributed by atoms with Crippen molar-refractivity contribution >= 4 is 31.9 Å². The van der Waals surface area contributed by atoms with Crippen molar-refractivity contribution < 1.29 is 9.84 Å². The lowest BCUT2D eigenvalue weighted by atomic mass is 10.3. The Bertz CT molecular complexity index is 267. The van der Waals surface area contributed by atoms with Gasteiger partial charge in [-0.25, -0.2) is 0 Å². The van der Waals surface area contributed by atoms with Crippen LogP contribution in [0.5, 0.6) is 5.75 Å². The average molecular weight is 310 g/mol. The number of benzene rings is 1. The summed E-state index contributed by atoms with van der Waals surface area (Å²) in [5.41, 5.74) is 0. The maximum Gasteiger partial charge on any atom is 0.147 e. The number of halogens is 2. The molecular formula is C9H10Br2O2. The molecule has 1 aromatic carbocycles. The fourth-order valence-corrected chi connectivity index (χ4v) is 2.05. The summed E-state index contributed by atoms with van der Waals surface area (Å²) in [6.45, 7) is 1.98. The summed E-state index contributed by atoms with van der Waals surface area (Å²) >= 11 is 6.72. The maximum absolute atomic E-state index is 9.04. The van der Waals surface area contributed by atoms with E-state index in [1.54, 1.807) is 6.92 Å². The van der Waals surface area contributed by atoms with Crippen molar-refractivity contribution in [3.05, 3.63) is 27.1 Å². The lowest BCUT2D eigenvalue weighted by Gasteiger charge is -2.11. The van der Waals surface area contributed by atoms with E-state index in [4.69, 9.17) is 9.84 Å². The van der Waals surface area contributed by atoms with Crippen LogP contribution >= 0.6 is 31.9 Å². The predicted octanol–water partition coefficient (Wildman–Crippen LogP) is 2.97. The molecule has 0 bridgehead atoms. The molecule has 0 aliphatic rings. The molecule has 0 heterocycles. The standard InChI is InChI=1S/C9H10Br2O2/c1-6(12)5-13-9-7(10)3-2-4-8(9)11/h2-4,6,12H,5H2,1H3/t6-/m1/s1. The average Bonchev–Trinajstić information content (AvgIpc) is 2.03. The topological polar surface area (TPSA) is 29.5 Å². The fraction of sp³-hybridized carbons (Fsp3) is 0.333. The second-order valence-electron chi connectivity index (χ2n) is 2.71. The predicted molar refractivity (Wildman–Crippen MR) is 59.0 cm³/mol. The van der Waals surface area contributed by atoms with Crippen molar-refractivity contribution in [3.8, 4) is 5.75 Å². The van der Waals surface area contributed by atoms with Gasteiger partial charge in [-0.2, -0.15) is 0 Å². The van der Waals surface area contributed by atoms with E-state index in [1.807, 2.05) is 18.2 Å². The normalized spacial score (nSPS) is 12.6. The van der Waals surface area contributed by atoms with Crippen LogP contribution in [0.25, 0.3) is 0 Å². The zero-order chi connectivity index (χ0) is 9.84. The monoisotopic (exact) mass is 308 g/mol. The van der Waals surface area contributed by atoms with Crippen LogP contribution in [-0.4, -0.2) is 17.8 Å². The number of hydrogen-bond donors (Lipinski definition) is 1. The molecule has 0 radical (unpaired) electrons. The lowest BCUT2D eigenvalue weighted by molar-refractivity contribution is 0.122. The Labute approximate surface area is 94.2 Å². The third-order valence-corrected chi connectivity index (χ3v) is 2.64. The van der Waals surface area contributed by atoms with Crippen molar-refractivity contribution in [1.82, 2.24) is 0 Å². The Balaban J connectivity index is 2.75. The first-order valence-corrected chi connectivity index (χ1v) is 5.44. The maximum atomic E-state index is 9.04. The highest BCUT2D eigenvalue weighted by molar-refractivity contribution is 9.11. The zero-order valence-corrected chi connectivity index (χ0v) is 10.3. The number of para-hydroxylation sites is 1. The summed E-state index contributed by atoms with van der Waals surface area (Å²) in [6.07, 6.45) is -0.459. The van der Waals surface area contributed by atoms with Gasteiger partial charge in [0.25, 0.3) is 0 Å². The summed E-state index contributed by atoms with van der Waals surface area (Å²) in [5, 5.41) is 9.04. The molecule has 72 valence electrons. The van der Waals surface area contributed by atoms with Gasteiger partial charge in [-0.15, -0.1) is 0 Å². The summed E-state index contributed by atoms with van der Waals surface area (Å²) in [6, 6.07) is 5.69. The number of rotatable bonds is 3. The number of hydrogen-bond acceptors (Lipinski definition) is 2. The molecule has 4 heteroatoms. The Kier molecular flexibility index (Phi) is 4.22. The minimum Gasteiger partial charge on any atom is -0.489 e. The van der Waals surface area contributed by atoms with Crippen molar-refractivity contribution in [2.24, 2.45) is 0 Å². The fourth-order valence-electron chi connectivity index (χ4n) is 0.824. The molecule has 0 aromatic heterocycles. The molecule has 0 fully saturated rings. The highest BCUT2D eigenvalue weighted by atomic mass is 79.9. The van der Waals surface area contributed by atoms with Crippen molar-refractivity contribution in [2.45, 2.75) is 13.0 Å². The van der Waals surface area contributed by atoms with Crippen LogP contribution in [-0.2, 0) is 0 Å². The minimum atomic E-state index is -0.459. The molecule has 0 amide bonds. The van der Waals surface area contributed by atoms with Crippen LogP contribution in [0, 0.1) is 0 Å². The van der Waals surface area contributed by atoms with E-state index < -0.39 is 6.10 Å². The van der Waals surface area contributed by atoms with Gasteiger partial charge in [0.15, 0.2) is 0 Å². The lowest BCUT2D eigenvalue weighted by Crippen LogP contribution is -2.13. The molecule has 0 saturated carbocycles. The Morgan fingerprint density at radius 1 is 1.38 bits per heavy atom. The summed E-state index contributed by atoms with van der Waals surface area (Å²) < 4.78 is 7.14. The molecular weight excluding hydrogens is 300 g/mol. The Morgan fingerprint density at radius 2 is 1.92 bits per heavy atom. The van der Waals surface area contributed by atoms with Crippen LogP contribution in [0.3, 0.4) is 0 Å². The van der Waals surface area contributed by atoms with Crippen molar-refractivity contribution in [1.29, 1.82) is 0 Å². The van der Waals surface area contributed by atoms with Crippen LogP contribution in [0.15, 0.2) is 27.1 Å². The number of ether oxygens (including phenoxy) is 1. The molecule has 0 aliphatic carbocycles. The molecule has 1 N–H and O–H groups in total. The SMILES string of the molecule is C[C@@H](O)COc1c(Br)cccc1Br. The zero-order valence-electron chi connectivity index (χ0n) is 7.13. The summed E-state index contributed by atoms with van der Waals surface area (Å²) in [5.74, 6) is 0.725. The van der Waals surface area contributed by atoms with Crippen molar-refractivity contribution in [2.75, 3.05) is 6.61 Å². The van der Waals surface area contributed by atoms with E-state index >= 15 is 0 Å². The number of aliphatic hydroxyl groups excluding tert-OH is 1. The van der Waals surface area contributed by atoms with Gasteiger partial charge in [0.05, 0.1) is 15.0 Å². The van der Waals surface area contributed by atoms with Gasteiger partial charge >= 0.3 is 0 Å². The minimum absolute atomic E-state index is 0.293. The van der Waals surface area contributed by atoms with Gasteiger partial charge in [-0.1, -0.05) is 6.07 Å².